The van der Waals surface area contributed by atoms with Crippen LogP contribution in [0.15, 0.2) is 72.8 Å². The van der Waals surface area contributed by atoms with Crippen molar-refractivity contribution in [3.05, 3.63) is 94.5 Å². The minimum atomic E-state index is -0.464. The van der Waals surface area contributed by atoms with Crippen LogP contribution in [-0.2, 0) is 6.61 Å². The van der Waals surface area contributed by atoms with E-state index in [9.17, 15) is 9.59 Å². The molecule has 0 radical (unpaired) electrons. The van der Waals surface area contributed by atoms with Crippen LogP contribution in [0.5, 0.6) is 11.5 Å². The zero-order valence-corrected chi connectivity index (χ0v) is 14.5. The molecule has 0 atom stereocenters. The Hall–Kier alpha value is -3.11. The number of aldehydes is 1. The van der Waals surface area contributed by atoms with E-state index in [4.69, 9.17) is 21.1 Å². The van der Waals surface area contributed by atoms with Gasteiger partial charge in [-0.1, -0.05) is 23.7 Å². The van der Waals surface area contributed by atoms with Crippen molar-refractivity contribution in [3.8, 4) is 11.5 Å². The van der Waals surface area contributed by atoms with Gasteiger partial charge >= 0.3 is 5.97 Å². The van der Waals surface area contributed by atoms with Gasteiger partial charge in [-0.25, -0.2) is 4.79 Å². The van der Waals surface area contributed by atoms with Gasteiger partial charge in [0.25, 0.3) is 0 Å². The predicted octanol–water partition coefficient (Wildman–Crippen LogP) is 4.95. The fourth-order valence-corrected chi connectivity index (χ4v) is 2.34. The number of carbonyl (C=O) groups is 2. The monoisotopic (exact) mass is 366 g/mol. The highest BCUT2D eigenvalue weighted by Gasteiger charge is 2.09. The molecule has 0 saturated heterocycles. The Morgan fingerprint density at radius 1 is 0.846 bits per heavy atom. The van der Waals surface area contributed by atoms with Crippen molar-refractivity contribution in [1.82, 2.24) is 0 Å². The Bertz CT molecular complexity index is 885. The summed E-state index contributed by atoms with van der Waals surface area (Å²) in [7, 11) is 0. The standard InChI is InChI=1S/C21H15ClO4/c22-18-7-11-19(12-8-18)25-14-16-1-5-17(6-2-16)21(24)26-20-9-3-15(13-23)4-10-20/h1-13H,14H2. The van der Waals surface area contributed by atoms with E-state index in [0.717, 1.165) is 17.6 Å². The van der Waals surface area contributed by atoms with Crippen molar-refractivity contribution in [2.45, 2.75) is 6.61 Å². The summed E-state index contributed by atoms with van der Waals surface area (Å²) in [6.45, 7) is 0.379. The molecule has 0 fully saturated rings. The number of carbonyl (C=O) groups excluding carboxylic acids is 2. The van der Waals surface area contributed by atoms with E-state index in [0.29, 0.717) is 28.5 Å². The van der Waals surface area contributed by atoms with Gasteiger partial charge in [0.15, 0.2) is 0 Å². The van der Waals surface area contributed by atoms with Gasteiger partial charge in [-0.2, -0.15) is 0 Å². The topological polar surface area (TPSA) is 52.6 Å². The van der Waals surface area contributed by atoms with Gasteiger partial charge in [0, 0.05) is 10.6 Å². The van der Waals surface area contributed by atoms with Gasteiger partial charge in [0.05, 0.1) is 5.56 Å². The molecule has 3 aromatic rings. The largest absolute Gasteiger partial charge is 0.489 e. The van der Waals surface area contributed by atoms with Crippen LogP contribution >= 0.6 is 11.6 Å². The molecule has 0 aromatic heterocycles. The Kier molecular flexibility index (Phi) is 5.66. The molecule has 0 aliphatic heterocycles. The number of benzene rings is 3. The summed E-state index contributed by atoms with van der Waals surface area (Å²) in [6, 6.07) is 20.4. The van der Waals surface area contributed by atoms with Crippen molar-refractivity contribution < 1.29 is 19.1 Å². The second kappa shape index (κ2) is 8.32. The third-order valence-corrected chi connectivity index (χ3v) is 3.89. The molecule has 0 aliphatic rings. The number of hydrogen-bond acceptors (Lipinski definition) is 4. The average molecular weight is 367 g/mol. The molecule has 26 heavy (non-hydrogen) atoms. The second-order valence-corrected chi connectivity index (χ2v) is 5.95. The van der Waals surface area contributed by atoms with E-state index in [-0.39, 0.29) is 0 Å². The summed E-state index contributed by atoms with van der Waals surface area (Å²) in [5.74, 6) is 0.640. The van der Waals surface area contributed by atoms with E-state index in [1.165, 1.54) is 0 Å². The van der Waals surface area contributed by atoms with Crippen LogP contribution < -0.4 is 9.47 Å². The first-order valence-corrected chi connectivity index (χ1v) is 8.26. The van der Waals surface area contributed by atoms with Crippen LogP contribution in [0.1, 0.15) is 26.3 Å². The highest BCUT2D eigenvalue weighted by atomic mass is 35.5. The van der Waals surface area contributed by atoms with Gasteiger partial charge < -0.3 is 9.47 Å². The van der Waals surface area contributed by atoms with Gasteiger partial charge in [0.2, 0.25) is 0 Å². The Labute approximate surface area is 155 Å². The second-order valence-electron chi connectivity index (χ2n) is 5.52. The highest BCUT2D eigenvalue weighted by molar-refractivity contribution is 6.30. The van der Waals surface area contributed by atoms with E-state index >= 15 is 0 Å². The molecule has 3 rings (SSSR count). The maximum absolute atomic E-state index is 12.2. The lowest BCUT2D eigenvalue weighted by Gasteiger charge is -2.08. The molecule has 3 aromatic carbocycles. The number of halogens is 1. The zero-order chi connectivity index (χ0) is 18.4. The zero-order valence-electron chi connectivity index (χ0n) is 13.7. The smallest absolute Gasteiger partial charge is 0.343 e. The summed E-state index contributed by atoms with van der Waals surface area (Å²) in [5, 5.41) is 0.654. The molecule has 130 valence electrons. The van der Waals surface area contributed by atoms with Crippen molar-refractivity contribution in [2.24, 2.45) is 0 Å². The molecular formula is C21H15ClO4. The van der Waals surface area contributed by atoms with Crippen LogP contribution in [-0.4, -0.2) is 12.3 Å². The Balaban J connectivity index is 1.58. The molecule has 4 nitrogen and oxygen atoms in total. The molecular weight excluding hydrogens is 352 g/mol. The Morgan fingerprint density at radius 3 is 2.08 bits per heavy atom. The van der Waals surface area contributed by atoms with Crippen molar-refractivity contribution in [3.63, 3.8) is 0 Å². The van der Waals surface area contributed by atoms with Crippen LogP contribution in [0.3, 0.4) is 0 Å². The lowest BCUT2D eigenvalue weighted by Crippen LogP contribution is -2.08. The molecule has 0 amide bonds. The molecule has 0 aliphatic carbocycles. The fourth-order valence-electron chi connectivity index (χ4n) is 2.21. The van der Waals surface area contributed by atoms with Gasteiger partial charge in [-0.05, 0) is 66.2 Å². The van der Waals surface area contributed by atoms with Crippen LogP contribution in [0.25, 0.3) is 0 Å². The number of esters is 1. The summed E-state index contributed by atoms with van der Waals surface area (Å²) in [6.07, 6.45) is 0.733. The van der Waals surface area contributed by atoms with Crippen molar-refractivity contribution in [1.29, 1.82) is 0 Å². The Morgan fingerprint density at radius 2 is 1.46 bits per heavy atom. The van der Waals surface area contributed by atoms with E-state index in [1.54, 1.807) is 60.7 Å². The first-order chi connectivity index (χ1) is 12.6. The molecule has 0 unspecified atom stereocenters. The average Bonchev–Trinajstić information content (AvgIpc) is 2.68. The van der Waals surface area contributed by atoms with Gasteiger partial charge in [0.1, 0.15) is 24.4 Å². The van der Waals surface area contributed by atoms with E-state index in [1.807, 2.05) is 12.1 Å². The molecule has 0 N–H and O–H groups in total. The summed E-state index contributed by atoms with van der Waals surface area (Å²) in [4.78, 5) is 22.8. The van der Waals surface area contributed by atoms with Crippen molar-refractivity contribution in [2.75, 3.05) is 0 Å². The summed E-state index contributed by atoms with van der Waals surface area (Å²) in [5.41, 5.74) is 1.88. The van der Waals surface area contributed by atoms with Crippen LogP contribution in [0.4, 0.5) is 0 Å². The third-order valence-electron chi connectivity index (χ3n) is 3.64. The first kappa shape index (κ1) is 17.7. The van der Waals surface area contributed by atoms with Crippen molar-refractivity contribution >= 4 is 23.9 Å². The fraction of sp³-hybridized carbons (Fsp3) is 0.0476. The SMILES string of the molecule is O=Cc1ccc(OC(=O)c2ccc(COc3ccc(Cl)cc3)cc2)cc1. The predicted molar refractivity (Wildman–Crippen MR) is 99.0 cm³/mol. The number of hydrogen-bond donors (Lipinski definition) is 0. The molecule has 0 saturated carbocycles. The lowest BCUT2D eigenvalue weighted by atomic mass is 10.1. The molecule has 0 spiro atoms. The molecule has 5 heteroatoms. The molecule has 0 bridgehead atoms. The minimum Gasteiger partial charge on any atom is -0.489 e. The van der Waals surface area contributed by atoms with Crippen LogP contribution in [0, 0.1) is 0 Å². The number of rotatable bonds is 6. The van der Waals surface area contributed by atoms with Gasteiger partial charge in [-0.15, -0.1) is 0 Å². The highest BCUT2D eigenvalue weighted by Crippen LogP contribution is 2.18. The third kappa shape index (κ3) is 4.71. The summed E-state index contributed by atoms with van der Waals surface area (Å²) < 4.78 is 10.9. The first-order valence-electron chi connectivity index (χ1n) is 7.89. The quantitative estimate of drug-likeness (QED) is 0.352. The number of ether oxygens (including phenoxy) is 2. The molecule has 0 heterocycles. The van der Waals surface area contributed by atoms with Gasteiger partial charge in [-0.3, -0.25) is 4.79 Å². The normalized spacial score (nSPS) is 10.2. The summed E-state index contributed by atoms with van der Waals surface area (Å²) >= 11 is 5.83. The van der Waals surface area contributed by atoms with E-state index < -0.39 is 5.97 Å². The van der Waals surface area contributed by atoms with E-state index in [2.05, 4.69) is 0 Å². The lowest BCUT2D eigenvalue weighted by molar-refractivity contribution is 0.0734. The maximum Gasteiger partial charge on any atom is 0.343 e. The maximum atomic E-state index is 12.2. The van der Waals surface area contributed by atoms with Crippen LogP contribution in [0.2, 0.25) is 5.02 Å². The minimum absolute atomic E-state index is 0.379.